The number of ether oxygens (including phenoxy) is 3. The summed E-state index contributed by atoms with van der Waals surface area (Å²) in [4.78, 5) is 10.8. The topological polar surface area (TPSA) is 65.0 Å². The molecular weight excluding hydrogens is 356 g/mol. The van der Waals surface area contributed by atoms with Crippen molar-refractivity contribution in [2.45, 2.75) is 26.9 Å². The number of hydrogen-bond donors (Lipinski definition) is 1. The van der Waals surface area contributed by atoms with Gasteiger partial charge in [0.25, 0.3) is 0 Å². The highest BCUT2D eigenvalue weighted by Gasteiger charge is 2.10. The predicted molar refractivity (Wildman–Crippen MR) is 100 cm³/mol. The van der Waals surface area contributed by atoms with Crippen LogP contribution in [0.15, 0.2) is 36.4 Å². The molecule has 0 aromatic heterocycles. The normalized spacial score (nSPS) is 10.7. The second kappa shape index (κ2) is 9.34. The Morgan fingerprint density at radius 3 is 2.35 bits per heavy atom. The fourth-order valence-electron chi connectivity index (χ4n) is 2.28. The molecule has 26 heavy (non-hydrogen) atoms. The molecule has 0 amide bonds. The lowest BCUT2D eigenvalue weighted by atomic mass is 10.1. The summed E-state index contributed by atoms with van der Waals surface area (Å²) >= 11 is 6.26. The Kier molecular flexibility index (Phi) is 7.16. The largest absolute Gasteiger partial charge is 0.493 e. The number of carboxylic acid groups (broad SMARTS) is 1. The highest BCUT2D eigenvalue weighted by molar-refractivity contribution is 6.32. The van der Waals surface area contributed by atoms with Crippen LogP contribution in [-0.2, 0) is 17.8 Å². The Hall–Kier alpha value is -2.40. The number of benzene rings is 2. The summed E-state index contributed by atoms with van der Waals surface area (Å²) in [6.07, 6.45) is -0.0654. The number of carboxylic acids is 1. The molecule has 0 bridgehead atoms. The van der Waals surface area contributed by atoms with Gasteiger partial charge < -0.3 is 19.3 Å². The summed E-state index contributed by atoms with van der Waals surface area (Å²) in [6, 6.07) is 10.6. The first-order valence-corrected chi connectivity index (χ1v) is 8.69. The molecule has 140 valence electrons. The standard InChI is InChI=1S/C20H23ClO5/c1-13(2)11-25-17-6-5-15(8-16(17)21)12-26-18-7-4-14(10-20(22)23)9-19(18)24-3/h4-9,13H,10-12H2,1-3H3,(H,22,23). The van der Waals surface area contributed by atoms with Crippen LogP contribution in [0.1, 0.15) is 25.0 Å². The maximum Gasteiger partial charge on any atom is 0.307 e. The average molecular weight is 379 g/mol. The van der Waals surface area contributed by atoms with E-state index in [0.29, 0.717) is 47.0 Å². The van der Waals surface area contributed by atoms with E-state index in [0.717, 1.165) is 5.56 Å². The van der Waals surface area contributed by atoms with E-state index in [9.17, 15) is 4.79 Å². The van der Waals surface area contributed by atoms with Crippen LogP contribution in [0, 0.1) is 5.92 Å². The molecule has 2 aromatic carbocycles. The van der Waals surface area contributed by atoms with Crippen LogP contribution in [0.3, 0.4) is 0 Å². The van der Waals surface area contributed by atoms with Crippen LogP contribution < -0.4 is 14.2 Å². The van der Waals surface area contributed by atoms with Crippen LogP contribution in [0.5, 0.6) is 17.2 Å². The van der Waals surface area contributed by atoms with Gasteiger partial charge in [0.2, 0.25) is 0 Å². The Morgan fingerprint density at radius 1 is 1.04 bits per heavy atom. The lowest BCUT2D eigenvalue weighted by molar-refractivity contribution is -0.136. The highest BCUT2D eigenvalue weighted by Crippen LogP contribution is 2.30. The smallest absolute Gasteiger partial charge is 0.307 e. The third-order valence-electron chi connectivity index (χ3n) is 3.55. The Morgan fingerprint density at radius 2 is 1.73 bits per heavy atom. The maximum atomic E-state index is 10.8. The monoisotopic (exact) mass is 378 g/mol. The molecule has 0 aliphatic heterocycles. The average Bonchev–Trinajstić information content (AvgIpc) is 2.59. The van der Waals surface area contributed by atoms with E-state index in [1.165, 1.54) is 7.11 Å². The molecule has 0 radical (unpaired) electrons. The van der Waals surface area contributed by atoms with E-state index in [2.05, 4.69) is 13.8 Å². The zero-order valence-electron chi connectivity index (χ0n) is 15.1. The summed E-state index contributed by atoms with van der Waals surface area (Å²) in [6.45, 7) is 5.06. The van der Waals surface area contributed by atoms with Gasteiger partial charge in [-0.1, -0.05) is 37.6 Å². The van der Waals surface area contributed by atoms with Crippen LogP contribution in [0.4, 0.5) is 0 Å². The van der Waals surface area contributed by atoms with Crippen molar-refractivity contribution in [2.75, 3.05) is 13.7 Å². The van der Waals surface area contributed by atoms with Crippen molar-refractivity contribution in [3.63, 3.8) is 0 Å². The first-order valence-electron chi connectivity index (χ1n) is 8.31. The first kappa shape index (κ1) is 19.9. The molecule has 0 spiro atoms. The van der Waals surface area contributed by atoms with Gasteiger partial charge in [0.05, 0.1) is 25.2 Å². The summed E-state index contributed by atoms with van der Waals surface area (Å²) in [7, 11) is 1.52. The second-order valence-electron chi connectivity index (χ2n) is 6.31. The SMILES string of the molecule is COc1cc(CC(=O)O)ccc1OCc1ccc(OCC(C)C)c(Cl)c1. The number of halogens is 1. The predicted octanol–water partition coefficient (Wildman–Crippen LogP) is 4.59. The minimum Gasteiger partial charge on any atom is -0.493 e. The molecule has 0 fully saturated rings. The number of hydrogen-bond acceptors (Lipinski definition) is 4. The summed E-state index contributed by atoms with van der Waals surface area (Å²) < 4.78 is 16.7. The van der Waals surface area contributed by atoms with Gasteiger partial charge in [-0.15, -0.1) is 0 Å². The van der Waals surface area contributed by atoms with Crippen molar-refractivity contribution in [1.82, 2.24) is 0 Å². The third kappa shape index (κ3) is 5.85. The molecule has 1 N–H and O–H groups in total. The Balaban J connectivity index is 2.04. The van der Waals surface area contributed by atoms with Gasteiger partial charge in [0.1, 0.15) is 12.4 Å². The van der Waals surface area contributed by atoms with Gasteiger partial charge in [-0.05, 0) is 41.3 Å². The maximum absolute atomic E-state index is 10.8. The number of carbonyl (C=O) groups is 1. The molecular formula is C20H23ClO5. The van der Waals surface area contributed by atoms with Crippen molar-refractivity contribution in [1.29, 1.82) is 0 Å². The van der Waals surface area contributed by atoms with E-state index in [1.807, 2.05) is 18.2 Å². The van der Waals surface area contributed by atoms with Gasteiger partial charge >= 0.3 is 5.97 Å². The minimum atomic E-state index is -0.893. The van der Waals surface area contributed by atoms with Gasteiger partial charge in [-0.3, -0.25) is 4.79 Å². The molecule has 0 saturated carbocycles. The zero-order chi connectivity index (χ0) is 19.1. The number of rotatable bonds is 9. The minimum absolute atomic E-state index is 0.0654. The number of methoxy groups -OCH3 is 1. The first-order chi connectivity index (χ1) is 12.4. The second-order valence-corrected chi connectivity index (χ2v) is 6.72. The van der Waals surface area contributed by atoms with E-state index in [-0.39, 0.29) is 6.42 Å². The molecule has 2 rings (SSSR count). The summed E-state index contributed by atoms with van der Waals surface area (Å²) in [5.74, 6) is 1.21. The molecule has 0 atom stereocenters. The van der Waals surface area contributed by atoms with Crippen LogP contribution in [0.25, 0.3) is 0 Å². The highest BCUT2D eigenvalue weighted by atomic mass is 35.5. The Labute approximate surface area is 158 Å². The van der Waals surface area contributed by atoms with Gasteiger partial charge in [0, 0.05) is 0 Å². The molecule has 0 heterocycles. The zero-order valence-corrected chi connectivity index (χ0v) is 15.9. The quantitative estimate of drug-likeness (QED) is 0.691. The van der Waals surface area contributed by atoms with Gasteiger partial charge in [-0.2, -0.15) is 0 Å². The van der Waals surface area contributed by atoms with Crippen LogP contribution >= 0.6 is 11.6 Å². The summed E-state index contributed by atoms with van der Waals surface area (Å²) in [5.41, 5.74) is 1.54. The molecule has 5 nitrogen and oxygen atoms in total. The molecule has 6 heteroatoms. The van der Waals surface area contributed by atoms with Crippen molar-refractivity contribution in [3.05, 3.63) is 52.5 Å². The van der Waals surface area contributed by atoms with Crippen LogP contribution in [0.2, 0.25) is 5.02 Å². The van der Waals surface area contributed by atoms with Crippen molar-refractivity contribution in [2.24, 2.45) is 5.92 Å². The summed E-state index contributed by atoms with van der Waals surface area (Å²) in [5, 5.41) is 9.41. The van der Waals surface area contributed by atoms with Crippen molar-refractivity contribution < 1.29 is 24.1 Å². The fraction of sp³-hybridized carbons (Fsp3) is 0.350. The van der Waals surface area contributed by atoms with Crippen molar-refractivity contribution in [3.8, 4) is 17.2 Å². The fourth-order valence-corrected chi connectivity index (χ4v) is 2.54. The molecule has 0 aliphatic carbocycles. The van der Waals surface area contributed by atoms with E-state index < -0.39 is 5.97 Å². The van der Waals surface area contributed by atoms with Gasteiger partial charge in [0.15, 0.2) is 11.5 Å². The molecule has 2 aromatic rings. The van der Waals surface area contributed by atoms with Crippen LogP contribution in [-0.4, -0.2) is 24.8 Å². The van der Waals surface area contributed by atoms with Gasteiger partial charge in [-0.25, -0.2) is 0 Å². The molecule has 0 unspecified atom stereocenters. The lowest BCUT2D eigenvalue weighted by Gasteiger charge is -2.13. The van der Waals surface area contributed by atoms with E-state index >= 15 is 0 Å². The molecule has 0 saturated heterocycles. The van der Waals surface area contributed by atoms with Crippen molar-refractivity contribution >= 4 is 17.6 Å². The van der Waals surface area contributed by atoms with E-state index in [1.54, 1.807) is 18.2 Å². The number of aliphatic carboxylic acids is 1. The lowest BCUT2D eigenvalue weighted by Crippen LogP contribution is -2.05. The van der Waals surface area contributed by atoms with E-state index in [4.69, 9.17) is 30.9 Å². The third-order valence-corrected chi connectivity index (χ3v) is 3.84. The molecule has 0 aliphatic rings. The Bertz CT molecular complexity index is 758.